The molecule has 2 rings (SSSR count). The zero-order valence-electron chi connectivity index (χ0n) is 14.4. The topological polar surface area (TPSA) is 110 Å². The van der Waals surface area contributed by atoms with Crippen molar-refractivity contribution in [3.63, 3.8) is 0 Å². The molecule has 1 aromatic carbocycles. The number of aromatic nitrogens is 2. The first-order valence-electron chi connectivity index (χ1n) is 7.52. The minimum Gasteiger partial charge on any atom is -0.494 e. The van der Waals surface area contributed by atoms with E-state index < -0.39 is 15.4 Å². The predicted molar refractivity (Wildman–Crippen MR) is 96.4 cm³/mol. The van der Waals surface area contributed by atoms with Crippen LogP contribution in [0.3, 0.4) is 0 Å². The first kappa shape index (κ1) is 19.1. The van der Waals surface area contributed by atoms with Crippen molar-refractivity contribution in [3.05, 3.63) is 24.3 Å². The summed E-state index contributed by atoms with van der Waals surface area (Å²) in [5.41, 5.74) is -0.274. The molecule has 0 bridgehead atoms. The molecule has 0 saturated heterocycles. The number of amides is 1. The highest BCUT2D eigenvalue weighted by Crippen LogP contribution is 2.25. The molecule has 1 amide bonds. The van der Waals surface area contributed by atoms with Gasteiger partial charge in [0.25, 0.3) is 14.4 Å². The van der Waals surface area contributed by atoms with Crippen LogP contribution in [0.1, 0.15) is 27.7 Å². The fraction of sp³-hybridized carbons (Fsp3) is 0.400. The first-order chi connectivity index (χ1) is 11.6. The Morgan fingerprint density at radius 2 is 2.00 bits per heavy atom. The van der Waals surface area contributed by atoms with Crippen LogP contribution in [0.15, 0.2) is 28.6 Å². The van der Waals surface area contributed by atoms with Crippen LogP contribution >= 0.6 is 11.3 Å². The van der Waals surface area contributed by atoms with E-state index in [1.54, 1.807) is 45.0 Å². The number of rotatable bonds is 6. The summed E-state index contributed by atoms with van der Waals surface area (Å²) >= 11 is 0.782. The first-order valence-corrected chi connectivity index (χ1v) is 9.82. The zero-order valence-corrected chi connectivity index (χ0v) is 16.0. The zero-order chi connectivity index (χ0) is 18.7. The summed E-state index contributed by atoms with van der Waals surface area (Å²) in [5, 5.41) is 10.1. The Kier molecular flexibility index (Phi) is 5.63. The minimum absolute atomic E-state index is 0.128. The fourth-order valence-corrected chi connectivity index (χ4v) is 3.61. The van der Waals surface area contributed by atoms with Crippen molar-refractivity contribution >= 4 is 38.1 Å². The maximum Gasteiger partial charge on any atom is 0.291 e. The predicted octanol–water partition coefficient (Wildman–Crippen LogP) is 2.72. The monoisotopic (exact) mass is 384 g/mol. The molecule has 8 nitrogen and oxygen atoms in total. The average Bonchev–Trinajstić information content (AvgIpc) is 2.96. The molecule has 136 valence electrons. The van der Waals surface area contributed by atoms with E-state index in [2.05, 4.69) is 20.2 Å². The molecular weight excluding hydrogens is 364 g/mol. The number of carbonyl (C=O) groups is 1. The Hall–Kier alpha value is -2.20. The highest BCUT2D eigenvalue weighted by Gasteiger charge is 2.25. The normalized spacial score (nSPS) is 11.8. The summed E-state index contributed by atoms with van der Waals surface area (Å²) in [6.45, 7) is 7.55. The SMILES string of the molecule is CCOc1cccc(NS(=O)(=O)c2nnc(NC(=O)C(C)(C)C)s2)c1. The number of hydrogen-bond acceptors (Lipinski definition) is 7. The van der Waals surface area contributed by atoms with Crippen LogP contribution in [0.25, 0.3) is 0 Å². The van der Waals surface area contributed by atoms with Crippen LogP contribution in [0.2, 0.25) is 0 Å². The molecule has 2 N–H and O–H groups in total. The van der Waals surface area contributed by atoms with Gasteiger partial charge in [0.1, 0.15) is 5.75 Å². The number of carbonyl (C=O) groups excluding carboxylic acids is 1. The maximum atomic E-state index is 12.4. The third-order valence-electron chi connectivity index (χ3n) is 2.94. The molecule has 0 aliphatic rings. The van der Waals surface area contributed by atoms with Crippen molar-refractivity contribution in [3.8, 4) is 5.75 Å². The lowest BCUT2D eigenvalue weighted by Gasteiger charge is -2.15. The molecule has 0 radical (unpaired) electrons. The van der Waals surface area contributed by atoms with E-state index in [-0.39, 0.29) is 15.4 Å². The molecule has 2 aromatic rings. The van der Waals surface area contributed by atoms with Crippen molar-refractivity contribution in [2.45, 2.75) is 32.0 Å². The van der Waals surface area contributed by atoms with Gasteiger partial charge in [0.15, 0.2) is 0 Å². The number of nitrogens with zero attached hydrogens (tertiary/aromatic N) is 2. The number of ether oxygens (including phenoxy) is 1. The molecule has 0 saturated carbocycles. The Labute approximate surface area is 150 Å². The fourth-order valence-electron chi connectivity index (χ4n) is 1.67. The van der Waals surface area contributed by atoms with Gasteiger partial charge >= 0.3 is 0 Å². The van der Waals surface area contributed by atoms with Gasteiger partial charge in [-0.3, -0.25) is 9.52 Å². The van der Waals surface area contributed by atoms with E-state index in [0.717, 1.165) is 11.3 Å². The second-order valence-corrected chi connectivity index (χ2v) is 8.98. The second kappa shape index (κ2) is 7.36. The summed E-state index contributed by atoms with van der Waals surface area (Å²) in [5.74, 6) is 0.281. The maximum absolute atomic E-state index is 12.4. The van der Waals surface area contributed by atoms with E-state index in [0.29, 0.717) is 18.0 Å². The van der Waals surface area contributed by atoms with Crippen LogP contribution in [0, 0.1) is 5.41 Å². The summed E-state index contributed by atoms with van der Waals surface area (Å²) < 4.78 is 32.3. The molecular formula is C15H20N4O4S2. The third-order valence-corrected chi connectivity index (χ3v) is 5.52. The lowest BCUT2D eigenvalue weighted by Crippen LogP contribution is -2.27. The molecule has 0 atom stereocenters. The van der Waals surface area contributed by atoms with E-state index >= 15 is 0 Å². The average molecular weight is 384 g/mol. The molecule has 1 heterocycles. The molecule has 0 aliphatic carbocycles. The number of nitrogens with one attached hydrogen (secondary N) is 2. The molecule has 0 aliphatic heterocycles. The molecule has 10 heteroatoms. The largest absolute Gasteiger partial charge is 0.494 e. The quantitative estimate of drug-likeness (QED) is 0.741. The van der Waals surface area contributed by atoms with Crippen LogP contribution in [0.5, 0.6) is 5.75 Å². The molecule has 0 fully saturated rings. The molecule has 25 heavy (non-hydrogen) atoms. The van der Waals surface area contributed by atoms with E-state index in [1.165, 1.54) is 0 Å². The number of hydrogen-bond donors (Lipinski definition) is 2. The smallest absolute Gasteiger partial charge is 0.291 e. The number of sulfonamides is 1. The van der Waals surface area contributed by atoms with Crippen molar-refractivity contribution in [1.29, 1.82) is 0 Å². The van der Waals surface area contributed by atoms with Crippen molar-refractivity contribution in [1.82, 2.24) is 10.2 Å². The van der Waals surface area contributed by atoms with Gasteiger partial charge in [0.05, 0.1) is 12.3 Å². The van der Waals surface area contributed by atoms with Gasteiger partial charge in [-0.25, -0.2) is 0 Å². The van der Waals surface area contributed by atoms with Gasteiger partial charge in [-0.05, 0) is 19.1 Å². The van der Waals surface area contributed by atoms with Gasteiger partial charge in [-0.2, -0.15) is 8.42 Å². The number of benzene rings is 1. The van der Waals surface area contributed by atoms with E-state index in [1.807, 2.05) is 6.92 Å². The Morgan fingerprint density at radius 1 is 1.28 bits per heavy atom. The van der Waals surface area contributed by atoms with Crippen molar-refractivity contribution < 1.29 is 17.9 Å². The van der Waals surface area contributed by atoms with E-state index in [4.69, 9.17) is 4.74 Å². The third kappa shape index (κ3) is 5.13. The Bertz CT molecular complexity index is 856. The Morgan fingerprint density at radius 3 is 2.64 bits per heavy atom. The van der Waals surface area contributed by atoms with Gasteiger partial charge in [0, 0.05) is 11.5 Å². The molecule has 0 unspecified atom stereocenters. The van der Waals surface area contributed by atoms with E-state index in [9.17, 15) is 13.2 Å². The van der Waals surface area contributed by atoms with Crippen LogP contribution in [-0.4, -0.2) is 31.1 Å². The summed E-state index contributed by atoms with van der Waals surface area (Å²) in [7, 11) is -3.91. The van der Waals surface area contributed by atoms with Gasteiger partial charge in [-0.15, -0.1) is 10.2 Å². The molecule has 0 spiro atoms. The van der Waals surface area contributed by atoms with Crippen molar-refractivity contribution in [2.24, 2.45) is 5.41 Å². The lowest BCUT2D eigenvalue weighted by atomic mass is 9.96. The second-order valence-electron chi connectivity index (χ2n) is 6.14. The van der Waals surface area contributed by atoms with Crippen LogP contribution < -0.4 is 14.8 Å². The van der Waals surface area contributed by atoms with Gasteiger partial charge < -0.3 is 10.1 Å². The molecule has 1 aromatic heterocycles. The highest BCUT2D eigenvalue weighted by atomic mass is 32.2. The van der Waals surface area contributed by atoms with Crippen LogP contribution in [0.4, 0.5) is 10.8 Å². The number of anilines is 2. The van der Waals surface area contributed by atoms with Crippen LogP contribution in [-0.2, 0) is 14.8 Å². The minimum atomic E-state index is -3.91. The van der Waals surface area contributed by atoms with Crippen molar-refractivity contribution in [2.75, 3.05) is 16.6 Å². The Balaban J connectivity index is 2.15. The van der Waals surface area contributed by atoms with Gasteiger partial charge in [0.2, 0.25) is 11.0 Å². The summed E-state index contributed by atoms with van der Waals surface area (Å²) in [4.78, 5) is 11.9. The summed E-state index contributed by atoms with van der Waals surface area (Å²) in [6.07, 6.45) is 0. The van der Waals surface area contributed by atoms with Gasteiger partial charge in [-0.1, -0.05) is 38.2 Å². The summed E-state index contributed by atoms with van der Waals surface area (Å²) in [6, 6.07) is 6.58. The lowest BCUT2D eigenvalue weighted by molar-refractivity contribution is -0.123. The highest BCUT2D eigenvalue weighted by molar-refractivity contribution is 7.94. The standard InChI is InChI=1S/C15H20N4O4S2/c1-5-23-11-8-6-7-10(9-11)19-25(21,22)14-18-17-13(24-14)16-12(20)15(2,3)4/h6-9,19H,5H2,1-4H3,(H,16,17,20).